The molecule has 0 radical (unpaired) electrons. The number of hydrogen-bond donors (Lipinski definition) is 1. The summed E-state index contributed by atoms with van der Waals surface area (Å²) in [5.74, 6) is 0.726. The second kappa shape index (κ2) is 5.57. The van der Waals surface area contributed by atoms with Gasteiger partial charge < -0.3 is 14.5 Å². The maximum Gasteiger partial charge on any atom is 0.207 e. The molecule has 0 spiro atoms. The lowest BCUT2D eigenvalue weighted by Crippen LogP contribution is -2.41. The van der Waals surface area contributed by atoms with Crippen LogP contribution in [-0.4, -0.2) is 19.6 Å². The summed E-state index contributed by atoms with van der Waals surface area (Å²) in [4.78, 5) is 10.8. The lowest BCUT2D eigenvalue weighted by Gasteiger charge is -2.29. The van der Waals surface area contributed by atoms with E-state index in [1.165, 1.54) is 0 Å². The molecule has 1 unspecified atom stereocenters. The van der Waals surface area contributed by atoms with Crippen molar-refractivity contribution in [2.45, 2.75) is 33.2 Å². The van der Waals surface area contributed by atoms with Gasteiger partial charge in [0.15, 0.2) is 11.3 Å². The van der Waals surface area contributed by atoms with Gasteiger partial charge in [0.25, 0.3) is 0 Å². The molecule has 108 valence electrons. The molecule has 1 aromatic carbocycles. The summed E-state index contributed by atoms with van der Waals surface area (Å²) in [6, 6.07) is 5.88. The smallest absolute Gasteiger partial charge is 0.207 e. The second-order valence-corrected chi connectivity index (χ2v) is 6.01. The molecule has 0 saturated heterocycles. The highest BCUT2D eigenvalue weighted by Crippen LogP contribution is 2.32. The molecule has 2 aromatic rings. The lowest BCUT2D eigenvalue weighted by molar-refractivity contribution is -0.110. The number of rotatable bonds is 5. The largest absolute Gasteiger partial charge is 0.493 e. The highest BCUT2D eigenvalue weighted by molar-refractivity contribution is 5.86. The van der Waals surface area contributed by atoms with E-state index in [1.54, 1.807) is 13.4 Å². The first kappa shape index (κ1) is 14.4. The fourth-order valence-electron chi connectivity index (χ4n) is 2.32. The van der Waals surface area contributed by atoms with Crippen LogP contribution in [0.4, 0.5) is 0 Å². The molecule has 4 nitrogen and oxygen atoms in total. The van der Waals surface area contributed by atoms with Crippen LogP contribution >= 0.6 is 0 Å². The number of methoxy groups -OCH3 is 1. The van der Waals surface area contributed by atoms with Crippen LogP contribution in [0.5, 0.6) is 5.75 Å². The van der Waals surface area contributed by atoms with Crippen LogP contribution in [0.25, 0.3) is 11.0 Å². The van der Waals surface area contributed by atoms with E-state index in [1.807, 2.05) is 18.2 Å². The quantitative estimate of drug-likeness (QED) is 0.853. The highest BCUT2D eigenvalue weighted by Gasteiger charge is 2.25. The van der Waals surface area contributed by atoms with Crippen molar-refractivity contribution >= 4 is 17.4 Å². The zero-order valence-corrected chi connectivity index (χ0v) is 12.4. The third-order valence-electron chi connectivity index (χ3n) is 3.60. The summed E-state index contributed by atoms with van der Waals surface area (Å²) in [7, 11) is 1.63. The molecule has 20 heavy (non-hydrogen) atoms. The number of benzene rings is 1. The summed E-state index contributed by atoms with van der Waals surface area (Å²) in [6.07, 6.45) is 3.24. The van der Waals surface area contributed by atoms with Crippen LogP contribution < -0.4 is 10.1 Å². The average Bonchev–Trinajstić information content (AvgIpc) is 2.80. The van der Waals surface area contributed by atoms with Crippen molar-refractivity contribution < 1.29 is 13.9 Å². The third-order valence-corrected chi connectivity index (χ3v) is 3.60. The Hall–Kier alpha value is -1.97. The molecule has 1 atom stereocenters. The monoisotopic (exact) mass is 275 g/mol. The summed E-state index contributed by atoms with van der Waals surface area (Å²) in [6.45, 7) is 6.32. The number of para-hydroxylation sites is 1. The van der Waals surface area contributed by atoms with Crippen molar-refractivity contribution in [3.63, 3.8) is 0 Å². The minimum absolute atomic E-state index is 0.0244. The molecule has 0 saturated carbocycles. The minimum atomic E-state index is -0.0244. The molecule has 1 aromatic heterocycles. The van der Waals surface area contributed by atoms with Gasteiger partial charge in [-0.3, -0.25) is 4.79 Å². The van der Waals surface area contributed by atoms with Gasteiger partial charge in [0.05, 0.1) is 13.4 Å². The zero-order chi connectivity index (χ0) is 14.8. The average molecular weight is 275 g/mol. The summed E-state index contributed by atoms with van der Waals surface area (Å²) in [5.41, 5.74) is 1.81. The van der Waals surface area contributed by atoms with Crippen LogP contribution in [-0.2, 0) is 11.2 Å². The van der Waals surface area contributed by atoms with Crippen LogP contribution in [0, 0.1) is 5.41 Å². The van der Waals surface area contributed by atoms with Gasteiger partial charge in [0.2, 0.25) is 6.41 Å². The van der Waals surface area contributed by atoms with Crippen molar-refractivity contribution in [1.82, 2.24) is 5.32 Å². The SMILES string of the molecule is COc1cccc2c(CC(NC=O)C(C)(C)C)coc12. The van der Waals surface area contributed by atoms with Crippen LogP contribution in [0.3, 0.4) is 0 Å². The van der Waals surface area contributed by atoms with Crippen molar-refractivity contribution in [3.8, 4) is 5.75 Å². The Morgan fingerprint density at radius 2 is 2.15 bits per heavy atom. The number of nitrogens with one attached hydrogen (secondary N) is 1. The number of carbonyl (C=O) groups excluding carboxylic acids is 1. The van der Waals surface area contributed by atoms with Crippen molar-refractivity contribution in [1.29, 1.82) is 0 Å². The molecule has 0 aliphatic rings. The molecule has 2 rings (SSSR count). The van der Waals surface area contributed by atoms with Gasteiger partial charge in [-0.1, -0.05) is 32.9 Å². The van der Waals surface area contributed by atoms with E-state index in [9.17, 15) is 4.79 Å². The predicted molar refractivity (Wildman–Crippen MR) is 78.9 cm³/mol. The summed E-state index contributed by atoms with van der Waals surface area (Å²) < 4.78 is 10.9. The topological polar surface area (TPSA) is 51.5 Å². The number of hydrogen-bond acceptors (Lipinski definition) is 3. The molecular weight excluding hydrogens is 254 g/mol. The van der Waals surface area contributed by atoms with Gasteiger partial charge in [0, 0.05) is 17.0 Å². The van der Waals surface area contributed by atoms with E-state index in [2.05, 4.69) is 26.1 Å². The predicted octanol–water partition coefficient (Wildman–Crippen LogP) is 3.14. The lowest BCUT2D eigenvalue weighted by atomic mass is 9.83. The Kier molecular flexibility index (Phi) is 4.02. The van der Waals surface area contributed by atoms with Gasteiger partial charge >= 0.3 is 0 Å². The first-order valence-corrected chi connectivity index (χ1v) is 6.70. The van der Waals surface area contributed by atoms with Gasteiger partial charge in [-0.2, -0.15) is 0 Å². The Labute approximate surface area is 119 Å². The van der Waals surface area contributed by atoms with Crippen LogP contribution in [0.15, 0.2) is 28.9 Å². The molecule has 1 N–H and O–H groups in total. The number of ether oxygens (including phenoxy) is 1. The van der Waals surface area contributed by atoms with Gasteiger partial charge in [-0.15, -0.1) is 0 Å². The fourth-order valence-corrected chi connectivity index (χ4v) is 2.32. The Morgan fingerprint density at radius 1 is 1.40 bits per heavy atom. The Balaban J connectivity index is 2.36. The first-order chi connectivity index (χ1) is 9.47. The first-order valence-electron chi connectivity index (χ1n) is 6.70. The third kappa shape index (κ3) is 2.79. The number of amides is 1. The summed E-state index contributed by atoms with van der Waals surface area (Å²) >= 11 is 0. The number of furan rings is 1. The van der Waals surface area contributed by atoms with Gasteiger partial charge in [-0.25, -0.2) is 0 Å². The molecule has 1 heterocycles. The fraction of sp³-hybridized carbons (Fsp3) is 0.438. The van der Waals surface area contributed by atoms with Crippen molar-refractivity contribution in [2.24, 2.45) is 5.41 Å². The molecule has 4 heteroatoms. The van der Waals surface area contributed by atoms with Crippen molar-refractivity contribution in [2.75, 3.05) is 7.11 Å². The van der Waals surface area contributed by atoms with Gasteiger partial charge in [-0.05, 0) is 17.9 Å². The van der Waals surface area contributed by atoms with Crippen molar-refractivity contribution in [3.05, 3.63) is 30.0 Å². The van der Waals surface area contributed by atoms with E-state index in [0.29, 0.717) is 0 Å². The van der Waals surface area contributed by atoms with Crippen LogP contribution in [0.1, 0.15) is 26.3 Å². The highest BCUT2D eigenvalue weighted by atomic mass is 16.5. The van der Waals surface area contributed by atoms with E-state index < -0.39 is 0 Å². The molecule has 0 fully saturated rings. The Bertz CT molecular complexity index is 595. The minimum Gasteiger partial charge on any atom is -0.493 e. The standard InChI is InChI=1S/C16H21NO3/c1-16(2,3)14(17-10-18)8-11-9-20-15-12(11)6-5-7-13(15)19-4/h5-7,9-10,14H,8H2,1-4H3,(H,17,18). The van der Waals surface area contributed by atoms with E-state index >= 15 is 0 Å². The maximum atomic E-state index is 10.8. The number of fused-ring (bicyclic) bond motifs is 1. The molecule has 0 aliphatic carbocycles. The normalized spacial score (nSPS) is 13.2. The maximum absolute atomic E-state index is 10.8. The van der Waals surface area contributed by atoms with E-state index in [-0.39, 0.29) is 11.5 Å². The summed E-state index contributed by atoms with van der Waals surface area (Å²) in [5, 5.41) is 3.93. The zero-order valence-electron chi connectivity index (χ0n) is 12.4. The van der Waals surface area contributed by atoms with E-state index in [0.717, 1.165) is 35.1 Å². The molecule has 0 bridgehead atoms. The van der Waals surface area contributed by atoms with E-state index in [4.69, 9.17) is 9.15 Å². The second-order valence-electron chi connectivity index (χ2n) is 6.01. The van der Waals surface area contributed by atoms with Crippen LogP contribution in [0.2, 0.25) is 0 Å². The Morgan fingerprint density at radius 3 is 2.75 bits per heavy atom. The van der Waals surface area contributed by atoms with Gasteiger partial charge in [0.1, 0.15) is 0 Å². The molecule has 1 amide bonds. The molecule has 0 aliphatic heterocycles. The molecular formula is C16H21NO3. The number of carbonyl (C=O) groups is 1.